The lowest BCUT2D eigenvalue weighted by atomic mass is 10.3. The highest BCUT2D eigenvalue weighted by Crippen LogP contribution is 2.18. The predicted molar refractivity (Wildman–Crippen MR) is 98.1 cm³/mol. The number of sulfonamides is 1. The molecule has 2 aromatic carbocycles. The first-order valence-electron chi connectivity index (χ1n) is 8.81. The molecule has 1 aliphatic heterocycles. The third kappa shape index (κ3) is 5.24. The van der Waals surface area contributed by atoms with Crippen LogP contribution >= 0.6 is 0 Å². The smallest absolute Gasteiger partial charge is 0.243 e. The van der Waals surface area contributed by atoms with E-state index >= 15 is 0 Å². The molecule has 0 spiro atoms. The molecule has 0 bridgehead atoms. The van der Waals surface area contributed by atoms with Gasteiger partial charge in [0.25, 0.3) is 0 Å². The van der Waals surface area contributed by atoms with Crippen molar-refractivity contribution in [2.24, 2.45) is 0 Å². The van der Waals surface area contributed by atoms with E-state index in [1.807, 2.05) is 0 Å². The highest BCUT2D eigenvalue weighted by atomic mass is 32.2. The molecule has 0 unspecified atom stereocenters. The van der Waals surface area contributed by atoms with Crippen LogP contribution in [0.1, 0.15) is 6.42 Å². The molecule has 27 heavy (non-hydrogen) atoms. The van der Waals surface area contributed by atoms with Crippen molar-refractivity contribution < 1.29 is 21.9 Å². The van der Waals surface area contributed by atoms with Gasteiger partial charge in [0.1, 0.15) is 24.0 Å². The summed E-state index contributed by atoms with van der Waals surface area (Å²) in [4.78, 5) is 2.25. The fraction of sp³-hybridized carbons (Fsp3) is 0.368. The molecule has 1 fully saturated rings. The summed E-state index contributed by atoms with van der Waals surface area (Å²) in [7, 11) is -3.62. The number of halogens is 2. The topological polar surface area (TPSA) is 49.9 Å². The molecule has 0 radical (unpaired) electrons. The van der Waals surface area contributed by atoms with Gasteiger partial charge in [-0.05, 0) is 61.5 Å². The van der Waals surface area contributed by atoms with Crippen LogP contribution < -0.4 is 4.74 Å². The number of rotatable bonds is 6. The maximum atomic E-state index is 13.0. The van der Waals surface area contributed by atoms with Crippen LogP contribution in [-0.4, -0.2) is 57.0 Å². The maximum absolute atomic E-state index is 13.0. The van der Waals surface area contributed by atoms with E-state index < -0.39 is 15.8 Å². The SMILES string of the molecule is O=S(=O)(c1ccc(F)cc1)N1CCCN(CCOc2ccc(F)cc2)CC1. The quantitative estimate of drug-likeness (QED) is 0.754. The van der Waals surface area contributed by atoms with Crippen LogP contribution in [0.2, 0.25) is 0 Å². The Morgan fingerprint density at radius 1 is 0.852 bits per heavy atom. The van der Waals surface area contributed by atoms with Gasteiger partial charge in [-0.1, -0.05) is 0 Å². The number of nitrogens with zero attached hydrogens (tertiary/aromatic N) is 2. The monoisotopic (exact) mass is 396 g/mol. The molecule has 0 atom stereocenters. The lowest BCUT2D eigenvalue weighted by Crippen LogP contribution is -2.36. The Bertz CT molecular complexity index is 842. The molecule has 0 amide bonds. The van der Waals surface area contributed by atoms with Gasteiger partial charge in [0.2, 0.25) is 10.0 Å². The van der Waals surface area contributed by atoms with Gasteiger partial charge in [-0.2, -0.15) is 4.31 Å². The van der Waals surface area contributed by atoms with Crippen molar-refractivity contribution in [1.29, 1.82) is 0 Å². The van der Waals surface area contributed by atoms with Gasteiger partial charge in [0.05, 0.1) is 4.90 Å². The zero-order valence-corrected chi connectivity index (χ0v) is 15.7. The molecule has 2 aromatic rings. The Morgan fingerprint density at radius 3 is 2.15 bits per heavy atom. The van der Waals surface area contributed by atoms with E-state index in [9.17, 15) is 17.2 Å². The fourth-order valence-electron chi connectivity index (χ4n) is 2.99. The number of ether oxygens (including phenoxy) is 1. The van der Waals surface area contributed by atoms with E-state index in [1.54, 1.807) is 12.1 Å². The molecule has 146 valence electrons. The number of hydrogen-bond acceptors (Lipinski definition) is 4. The second-order valence-corrected chi connectivity index (χ2v) is 8.29. The Morgan fingerprint density at radius 2 is 1.48 bits per heavy atom. The van der Waals surface area contributed by atoms with Crippen molar-refractivity contribution in [3.63, 3.8) is 0 Å². The maximum Gasteiger partial charge on any atom is 0.243 e. The Balaban J connectivity index is 1.52. The van der Waals surface area contributed by atoms with Crippen LogP contribution in [0.5, 0.6) is 5.75 Å². The van der Waals surface area contributed by atoms with E-state index in [0.717, 1.165) is 18.7 Å². The standard InChI is InChI=1S/C19H22F2N2O3S/c20-16-2-6-18(7-3-16)26-15-14-22-10-1-11-23(13-12-22)27(24,25)19-8-4-17(21)5-9-19/h2-9H,1,10-15H2. The van der Waals surface area contributed by atoms with Gasteiger partial charge in [-0.25, -0.2) is 17.2 Å². The molecular weight excluding hydrogens is 374 g/mol. The minimum Gasteiger partial charge on any atom is -0.492 e. The van der Waals surface area contributed by atoms with Crippen molar-refractivity contribution in [2.45, 2.75) is 11.3 Å². The zero-order valence-electron chi connectivity index (χ0n) is 14.9. The lowest BCUT2D eigenvalue weighted by molar-refractivity contribution is 0.215. The van der Waals surface area contributed by atoms with Crippen LogP contribution in [0.25, 0.3) is 0 Å². The summed E-state index contributed by atoms with van der Waals surface area (Å²) in [6.45, 7) is 3.25. The summed E-state index contributed by atoms with van der Waals surface area (Å²) in [5.74, 6) is -0.166. The molecule has 1 saturated heterocycles. The van der Waals surface area contributed by atoms with Crippen molar-refractivity contribution in [1.82, 2.24) is 9.21 Å². The molecule has 1 heterocycles. The van der Waals surface area contributed by atoms with Gasteiger partial charge in [0, 0.05) is 26.2 Å². The van der Waals surface area contributed by atoms with Crippen molar-refractivity contribution >= 4 is 10.0 Å². The van der Waals surface area contributed by atoms with Crippen molar-refractivity contribution in [3.05, 3.63) is 60.2 Å². The van der Waals surface area contributed by atoms with Crippen LogP contribution in [0.4, 0.5) is 8.78 Å². The highest BCUT2D eigenvalue weighted by molar-refractivity contribution is 7.89. The first-order valence-corrected chi connectivity index (χ1v) is 10.3. The lowest BCUT2D eigenvalue weighted by Gasteiger charge is -2.21. The summed E-state index contributed by atoms with van der Waals surface area (Å²) in [5.41, 5.74) is 0. The highest BCUT2D eigenvalue weighted by Gasteiger charge is 2.26. The van der Waals surface area contributed by atoms with E-state index in [1.165, 1.54) is 28.6 Å². The zero-order chi connectivity index (χ0) is 19.3. The summed E-state index contributed by atoms with van der Waals surface area (Å²) < 4.78 is 58.4. The summed E-state index contributed by atoms with van der Waals surface area (Å²) >= 11 is 0. The van der Waals surface area contributed by atoms with Crippen molar-refractivity contribution in [2.75, 3.05) is 39.3 Å². The summed E-state index contributed by atoms with van der Waals surface area (Å²) in [5, 5.41) is 0. The molecule has 1 aliphatic rings. The second kappa shape index (κ2) is 8.77. The molecule has 3 rings (SSSR count). The van der Waals surface area contributed by atoms with E-state index in [2.05, 4.69) is 4.90 Å². The minimum absolute atomic E-state index is 0.108. The Labute approximate surface area is 158 Å². The second-order valence-electron chi connectivity index (χ2n) is 6.36. The fourth-order valence-corrected chi connectivity index (χ4v) is 4.46. The summed E-state index contributed by atoms with van der Waals surface area (Å²) in [6, 6.07) is 10.8. The molecule has 5 nitrogen and oxygen atoms in total. The van der Waals surface area contributed by atoms with Crippen LogP contribution in [0.3, 0.4) is 0 Å². The van der Waals surface area contributed by atoms with Gasteiger partial charge < -0.3 is 4.74 Å². The molecule has 0 aliphatic carbocycles. The van der Waals surface area contributed by atoms with Gasteiger partial charge >= 0.3 is 0 Å². The molecule has 0 aromatic heterocycles. The van der Waals surface area contributed by atoms with E-state index in [4.69, 9.17) is 4.74 Å². The average Bonchev–Trinajstić information content (AvgIpc) is 2.90. The number of hydrogen-bond donors (Lipinski definition) is 0. The van der Waals surface area contributed by atoms with Gasteiger partial charge in [-0.3, -0.25) is 4.90 Å². The molecule has 0 N–H and O–H groups in total. The van der Waals surface area contributed by atoms with E-state index in [0.29, 0.717) is 45.0 Å². The first kappa shape index (κ1) is 19.7. The summed E-state index contributed by atoms with van der Waals surface area (Å²) in [6.07, 6.45) is 0.705. The predicted octanol–water partition coefficient (Wildman–Crippen LogP) is 2.74. The third-order valence-electron chi connectivity index (χ3n) is 4.49. The largest absolute Gasteiger partial charge is 0.492 e. The van der Waals surface area contributed by atoms with Crippen LogP contribution in [0.15, 0.2) is 53.4 Å². The van der Waals surface area contributed by atoms with Crippen LogP contribution in [-0.2, 0) is 10.0 Å². The molecule has 8 heteroatoms. The average molecular weight is 396 g/mol. The Hall–Kier alpha value is -2.03. The van der Waals surface area contributed by atoms with Gasteiger partial charge in [-0.15, -0.1) is 0 Å². The van der Waals surface area contributed by atoms with Gasteiger partial charge in [0.15, 0.2) is 0 Å². The van der Waals surface area contributed by atoms with Crippen LogP contribution in [0, 0.1) is 11.6 Å². The normalized spacial score (nSPS) is 16.8. The number of benzene rings is 2. The van der Waals surface area contributed by atoms with E-state index in [-0.39, 0.29) is 10.7 Å². The minimum atomic E-state index is -3.62. The van der Waals surface area contributed by atoms with Crippen molar-refractivity contribution in [3.8, 4) is 5.75 Å². The molecular formula is C19H22F2N2O3S. The first-order chi connectivity index (χ1) is 12.9. The molecule has 0 saturated carbocycles. The Kier molecular flexibility index (Phi) is 6.41. The third-order valence-corrected chi connectivity index (χ3v) is 6.40.